The zero-order valence-corrected chi connectivity index (χ0v) is 10.8. The topological polar surface area (TPSA) is 60.8 Å². The van der Waals surface area contributed by atoms with Crippen LogP contribution >= 0.6 is 0 Å². The first-order valence-electron chi connectivity index (χ1n) is 6.47. The van der Waals surface area contributed by atoms with Gasteiger partial charge in [-0.05, 0) is 38.3 Å². The molecule has 1 amide bonds. The molecule has 1 aromatic rings. The molecule has 2 rings (SSSR count). The van der Waals surface area contributed by atoms with E-state index in [1.54, 1.807) is 11.8 Å². The Hall–Kier alpha value is -1.62. The zero-order valence-electron chi connectivity index (χ0n) is 10.8. The van der Waals surface area contributed by atoms with Gasteiger partial charge in [-0.1, -0.05) is 6.07 Å². The minimum atomic E-state index is -0.715. The second-order valence-electron chi connectivity index (χ2n) is 5.01. The third-order valence-corrected chi connectivity index (χ3v) is 3.46. The summed E-state index contributed by atoms with van der Waals surface area (Å²) in [6, 6.07) is 3.73. The van der Waals surface area contributed by atoms with Gasteiger partial charge in [0.05, 0.1) is 6.10 Å². The molecule has 2 N–H and O–H groups in total. The van der Waals surface area contributed by atoms with Crippen LogP contribution in [0.15, 0.2) is 18.2 Å². The van der Waals surface area contributed by atoms with Gasteiger partial charge in [-0.15, -0.1) is 0 Å². The van der Waals surface area contributed by atoms with E-state index in [1.807, 2.05) is 0 Å². The number of hydrogen-bond donors (Lipinski definition) is 2. The standard InChI is InChI=1S/C14H18FNO3/c1-9(17)8-10-4-3-7-16(10)14(19)13-11(15)5-2-6-12(13)18/h2,5-6,9-10,17-18H,3-4,7-8H2,1H3. The Morgan fingerprint density at radius 1 is 1.58 bits per heavy atom. The SMILES string of the molecule is CC(O)CC1CCCN1C(=O)c1c(O)cccc1F. The average Bonchev–Trinajstić information content (AvgIpc) is 2.75. The fourth-order valence-corrected chi connectivity index (χ4v) is 2.61. The van der Waals surface area contributed by atoms with Gasteiger partial charge in [0.25, 0.3) is 5.91 Å². The van der Waals surface area contributed by atoms with Crippen LogP contribution in [-0.2, 0) is 0 Å². The third kappa shape index (κ3) is 2.87. The van der Waals surface area contributed by atoms with Gasteiger partial charge in [-0.2, -0.15) is 0 Å². The van der Waals surface area contributed by atoms with Crippen LogP contribution < -0.4 is 0 Å². The largest absolute Gasteiger partial charge is 0.507 e. The molecule has 1 aliphatic heterocycles. The van der Waals surface area contributed by atoms with Crippen molar-refractivity contribution < 1.29 is 19.4 Å². The third-order valence-electron chi connectivity index (χ3n) is 3.46. The van der Waals surface area contributed by atoms with Crippen LogP contribution in [0.2, 0.25) is 0 Å². The number of carbonyl (C=O) groups excluding carboxylic acids is 1. The van der Waals surface area contributed by atoms with Gasteiger partial charge in [-0.3, -0.25) is 4.79 Å². The Bertz CT molecular complexity index is 456. The highest BCUT2D eigenvalue weighted by atomic mass is 19.1. The maximum atomic E-state index is 13.7. The average molecular weight is 267 g/mol. The summed E-state index contributed by atoms with van der Waals surface area (Å²) in [6.07, 6.45) is 1.60. The Kier molecular flexibility index (Phi) is 4.04. The summed E-state index contributed by atoms with van der Waals surface area (Å²) in [5.41, 5.74) is -0.278. The molecule has 104 valence electrons. The molecule has 1 aliphatic rings. The van der Waals surface area contributed by atoms with Gasteiger partial charge in [0, 0.05) is 12.6 Å². The van der Waals surface area contributed by atoms with E-state index in [9.17, 15) is 19.4 Å². The predicted octanol–water partition coefficient (Wildman–Crippen LogP) is 1.91. The lowest BCUT2D eigenvalue weighted by atomic mass is 10.1. The van der Waals surface area contributed by atoms with Crippen LogP contribution in [-0.4, -0.2) is 39.7 Å². The molecule has 2 unspecified atom stereocenters. The number of phenols is 1. The molecule has 2 atom stereocenters. The summed E-state index contributed by atoms with van der Waals surface area (Å²) in [5.74, 6) is -1.56. The molecular formula is C14H18FNO3. The number of carbonyl (C=O) groups is 1. The van der Waals surface area contributed by atoms with Crippen molar-refractivity contribution in [2.24, 2.45) is 0 Å². The van der Waals surface area contributed by atoms with Gasteiger partial charge in [0.1, 0.15) is 17.1 Å². The van der Waals surface area contributed by atoms with Crippen LogP contribution in [0.1, 0.15) is 36.5 Å². The number of rotatable bonds is 3. The van der Waals surface area contributed by atoms with E-state index in [1.165, 1.54) is 12.1 Å². The number of likely N-dealkylation sites (tertiary alicyclic amines) is 1. The summed E-state index contributed by atoms with van der Waals surface area (Å²) in [4.78, 5) is 13.9. The quantitative estimate of drug-likeness (QED) is 0.879. The molecule has 1 aromatic carbocycles. The predicted molar refractivity (Wildman–Crippen MR) is 68.4 cm³/mol. The highest BCUT2D eigenvalue weighted by Gasteiger charge is 2.32. The van der Waals surface area contributed by atoms with Crippen LogP contribution in [0, 0.1) is 5.82 Å². The maximum absolute atomic E-state index is 13.7. The minimum absolute atomic E-state index is 0.0912. The fourth-order valence-electron chi connectivity index (χ4n) is 2.61. The summed E-state index contributed by atoms with van der Waals surface area (Å²) in [6.45, 7) is 2.20. The number of benzene rings is 1. The first-order valence-corrected chi connectivity index (χ1v) is 6.47. The van der Waals surface area contributed by atoms with Crippen LogP contribution in [0.5, 0.6) is 5.75 Å². The molecule has 0 saturated carbocycles. The summed E-state index contributed by atoms with van der Waals surface area (Å²) < 4.78 is 13.7. The van der Waals surface area contributed by atoms with Crippen molar-refractivity contribution in [1.29, 1.82) is 0 Å². The van der Waals surface area contributed by atoms with Crippen molar-refractivity contribution in [1.82, 2.24) is 4.90 Å². The number of phenolic OH excluding ortho intramolecular Hbond substituents is 1. The zero-order chi connectivity index (χ0) is 14.0. The lowest BCUT2D eigenvalue weighted by Gasteiger charge is -2.26. The molecule has 1 saturated heterocycles. The Balaban J connectivity index is 2.23. The molecule has 0 radical (unpaired) electrons. The number of hydrogen-bond acceptors (Lipinski definition) is 3. The number of amides is 1. The number of nitrogens with zero attached hydrogens (tertiary/aromatic N) is 1. The first kappa shape index (κ1) is 13.8. The minimum Gasteiger partial charge on any atom is -0.507 e. The smallest absolute Gasteiger partial charge is 0.260 e. The monoisotopic (exact) mass is 267 g/mol. The molecular weight excluding hydrogens is 249 g/mol. The molecule has 19 heavy (non-hydrogen) atoms. The molecule has 0 aliphatic carbocycles. The molecule has 0 bridgehead atoms. The van der Waals surface area contributed by atoms with Gasteiger partial charge in [0.15, 0.2) is 0 Å². The molecule has 4 nitrogen and oxygen atoms in total. The van der Waals surface area contributed by atoms with Crippen molar-refractivity contribution >= 4 is 5.91 Å². The molecule has 5 heteroatoms. The van der Waals surface area contributed by atoms with E-state index in [-0.39, 0.29) is 17.4 Å². The van der Waals surface area contributed by atoms with Gasteiger partial charge >= 0.3 is 0 Å². The lowest BCUT2D eigenvalue weighted by molar-refractivity contribution is 0.0674. The highest BCUT2D eigenvalue weighted by Crippen LogP contribution is 2.28. The lowest BCUT2D eigenvalue weighted by Crippen LogP contribution is -2.37. The fraction of sp³-hybridized carbons (Fsp3) is 0.500. The summed E-state index contributed by atoms with van der Waals surface area (Å²) >= 11 is 0. The van der Waals surface area contributed by atoms with Gasteiger partial charge < -0.3 is 15.1 Å². The van der Waals surface area contributed by atoms with E-state index < -0.39 is 17.8 Å². The van der Waals surface area contributed by atoms with Crippen LogP contribution in [0.3, 0.4) is 0 Å². The molecule has 0 aromatic heterocycles. The van der Waals surface area contributed by atoms with Crippen molar-refractivity contribution in [3.05, 3.63) is 29.6 Å². The number of aliphatic hydroxyl groups excluding tert-OH is 1. The van der Waals surface area contributed by atoms with Crippen molar-refractivity contribution in [3.63, 3.8) is 0 Å². The number of aromatic hydroxyl groups is 1. The van der Waals surface area contributed by atoms with Gasteiger partial charge in [0.2, 0.25) is 0 Å². The first-order chi connectivity index (χ1) is 9.00. The van der Waals surface area contributed by atoms with E-state index in [0.29, 0.717) is 13.0 Å². The molecule has 1 fully saturated rings. The Labute approximate surface area is 111 Å². The summed E-state index contributed by atoms with van der Waals surface area (Å²) in [5, 5.41) is 19.1. The molecule has 1 heterocycles. The molecule has 0 spiro atoms. The Morgan fingerprint density at radius 2 is 2.32 bits per heavy atom. The second kappa shape index (κ2) is 5.57. The van der Waals surface area contributed by atoms with Crippen LogP contribution in [0.25, 0.3) is 0 Å². The van der Waals surface area contributed by atoms with E-state index in [2.05, 4.69) is 0 Å². The second-order valence-corrected chi connectivity index (χ2v) is 5.01. The highest BCUT2D eigenvalue weighted by molar-refractivity contribution is 5.97. The normalized spacial score (nSPS) is 20.6. The Morgan fingerprint density at radius 3 is 2.95 bits per heavy atom. The van der Waals surface area contributed by atoms with Crippen molar-refractivity contribution in [2.45, 2.75) is 38.3 Å². The maximum Gasteiger partial charge on any atom is 0.260 e. The van der Waals surface area contributed by atoms with E-state index in [4.69, 9.17) is 0 Å². The summed E-state index contributed by atoms with van der Waals surface area (Å²) in [7, 11) is 0. The van der Waals surface area contributed by atoms with Crippen molar-refractivity contribution in [2.75, 3.05) is 6.54 Å². The van der Waals surface area contributed by atoms with Crippen LogP contribution in [0.4, 0.5) is 4.39 Å². The number of aliphatic hydroxyl groups is 1. The number of halogens is 1. The van der Waals surface area contributed by atoms with Gasteiger partial charge in [-0.25, -0.2) is 4.39 Å². The van der Waals surface area contributed by atoms with Crippen molar-refractivity contribution in [3.8, 4) is 5.75 Å². The van der Waals surface area contributed by atoms with E-state index in [0.717, 1.165) is 18.9 Å². The van der Waals surface area contributed by atoms with E-state index >= 15 is 0 Å².